The number of sulfonamides is 2. The van der Waals surface area contributed by atoms with E-state index in [4.69, 9.17) is 0 Å². The average molecular weight is 738 g/mol. The Morgan fingerprint density at radius 1 is 0.857 bits per heavy atom. The highest BCUT2D eigenvalue weighted by Gasteiger charge is 2.44. The van der Waals surface area contributed by atoms with Gasteiger partial charge < -0.3 is 20.4 Å². The molecule has 288 valence electrons. The third kappa shape index (κ3) is 14.3. The van der Waals surface area contributed by atoms with E-state index in [1.54, 1.807) is 4.90 Å². The number of nitrogens with one attached hydrogen (secondary N) is 2. The zero-order chi connectivity index (χ0) is 36.9. The van der Waals surface area contributed by atoms with Gasteiger partial charge in [0, 0.05) is 52.1 Å². The first-order valence-electron chi connectivity index (χ1n) is 18.5. The summed E-state index contributed by atoms with van der Waals surface area (Å²) < 4.78 is 53.7. The normalized spacial score (nSPS) is 25.0. The SMILES string of the molecule is CCCCN(CC(O)C(CC1CCC(O)CC1)NC(=O)C1CC(C(=O)N(CCC)CCC)CC(S(=O)(=O)N(C)C)C1)NS(=O)(=O)CC(C)C. The first kappa shape index (κ1) is 43.8. The van der Waals surface area contributed by atoms with Crippen molar-refractivity contribution < 1.29 is 36.6 Å². The smallest absolute Gasteiger partial charge is 0.225 e. The summed E-state index contributed by atoms with van der Waals surface area (Å²) in [4.78, 5) is 32.3. The largest absolute Gasteiger partial charge is 0.393 e. The van der Waals surface area contributed by atoms with Gasteiger partial charge in [0.15, 0.2) is 0 Å². The van der Waals surface area contributed by atoms with Crippen molar-refractivity contribution in [2.75, 3.05) is 46.0 Å². The second-order valence-electron chi connectivity index (χ2n) is 15.0. The number of nitrogens with zero attached hydrogens (tertiary/aromatic N) is 3. The van der Waals surface area contributed by atoms with Gasteiger partial charge in [-0.1, -0.05) is 41.0 Å². The minimum atomic E-state index is -3.77. The number of carbonyl (C=O) groups is 2. The second-order valence-corrected chi connectivity index (χ2v) is 19.2. The van der Waals surface area contributed by atoms with Crippen molar-refractivity contribution in [3.8, 4) is 0 Å². The van der Waals surface area contributed by atoms with Gasteiger partial charge in [-0.05, 0) is 82.5 Å². The quantitative estimate of drug-likeness (QED) is 0.129. The van der Waals surface area contributed by atoms with Gasteiger partial charge in [0.1, 0.15) is 0 Å². The van der Waals surface area contributed by atoms with Gasteiger partial charge in [-0.2, -0.15) is 0 Å². The zero-order valence-electron chi connectivity index (χ0n) is 31.1. The van der Waals surface area contributed by atoms with Crippen LogP contribution in [0.4, 0.5) is 0 Å². The number of unbranched alkanes of at least 4 members (excludes halogenated alkanes) is 1. The van der Waals surface area contributed by atoms with Crippen LogP contribution in [0.5, 0.6) is 0 Å². The minimum Gasteiger partial charge on any atom is -0.393 e. The molecule has 5 atom stereocenters. The summed E-state index contributed by atoms with van der Waals surface area (Å²) in [5.74, 6) is -1.97. The molecule has 0 saturated heterocycles. The lowest BCUT2D eigenvalue weighted by atomic mass is 9.79. The Morgan fingerprint density at radius 3 is 1.98 bits per heavy atom. The van der Waals surface area contributed by atoms with E-state index in [-0.39, 0.29) is 55.4 Å². The second kappa shape index (κ2) is 20.6. The first-order valence-corrected chi connectivity index (χ1v) is 21.7. The molecule has 15 heteroatoms. The van der Waals surface area contributed by atoms with E-state index >= 15 is 0 Å². The third-order valence-corrected chi connectivity index (χ3v) is 13.7. The van der Waals surface area contributed by atoms with Crippen LogP contribution in [0.3, 0.4) is 0 Å². The van der Waals surface area contributed by atoms with E-state index in [9.17, 15) is 36.6 Å². The maximum atomic E-state index is 14.1. The van der Waals surface area contributed by atoms with E-state index in [1.165, 1.54) is 19.1 Å². The van der Waals surface area contributed by atoms with Crippen LogP contribution in [0.1, 0.15) is 112 Å². The molecule has 49 heavy (non-hydrogen) atoms. The Bertz CT molecular complexity index is 1220. The van der Waals surface area contributed by atoms with Gasteiger partial charge in [0.05, 0.1) is 29.3 Å². The highest BCUT2D eigenvalue weighted by atomic mass is 32.2. The Morgan fingerprint density at radius 2 is 1.45 bits per heavy atom. The maximum absolute atomic E-state index is 14.1. The Labute approximate surface area is 297 Å². The van der Waals surface area contributed by atoms with Gasteiger partial charge in [0.25, 0.3) is 0 Å². The van der Waals surface area contributed by atoms with Crippen molar-refractivity contribution in [3.05, 3.63) is 0 Å². The molecule has 0 bridgehead atoms. The lowest BCUT2D eigenvalue weighted by Crippen LogP contribution is -2.55. The summed E-state index contributed by atoms with van der Waals surface area (Å²) in [6.45, 7) is 11.1. The molecular formula is C34H67N5O8S2. The summed E-state index contributed by atoms with van der Waals surface area (Å²) in [7, 11) is -4.51. The van der Waals surface area contributed by atoms with Crippen molar-refractivity contribution in [3.63, 3.8) is 0 Å². The fraction of sp³-hybridized carbons (Fsp3) is 0.941. The standard InChI is InChI=1S/C34H67N5O8S2/c1-8-11-18-39(36-48(44,45)24-25(4)5)23-32(41)31(19-26-12-14-29(40)15-13-26)35-33(42)27-20-28(34(43)38(16-9-2)17-10-3)22-30(21-27)49(46,47)37(6)7/h25-32,36,40-41H,8-24H2,1-7H3,(H,35,42). The van der Waals surface area contributed by atoms with E-state index in [1.807, 2.05) is 34.6 Å². The number of hydrogen-bond acceptors (Lipinski definition) is 9. The summed E-state index contributed by atoms with van der Waals surface area (Å²) in [5, 5.41) is 25.4. The number of hydrazine groups is 1. The summed E-state index contributed by atoms with van der Waals surface area (Å²) in [5.41, 5.74) is 0. The van der Waals surface area contributed by atoms with E-state index in [2.05, 4.69) is 10.1 Å². The molecule has 2 amide bonds. The van der Waals surface area contributed by atoms with Gasteiger partial charge in [0.2, 0.25) is 31.9 Å². The Hall–Kier alpha value is -1.36. The van der Waals surface area contributed by atoms with Crippen LogP contribution in [0.2, 0.25) is 0 Å². The van der Waals surface area contributed by atoms with E-state index < -0.39 is 55.2 Å². The molecule has 2 saturated carbocycles. The lowest BCUT2D eigenvalue weighted by molar-refractivity contribution is -0.138. The molecule has 4 N–H and O–H groups in total. The van der Waals surface area contributed by atoms with Crippen molar-refractivity contribution in [1.29, 1.82) is 0 Å². The molecule has 0 aromatic rings. The van der Waals surface area contributed by atoms with Crippen LogP contribution in [-0.4, -0.2) is 123 Å². The number of rotatable bonds is 21. The molecule has 2 aliphatic carbocycles. The Balaban J connectivity index is 2.38. The maximum Gasteiger partial charge on any atom is 0.225 e. The molecular weight excluding hydrogens is 671 g/mol. The van der Waals surface area contributed by atoms with Gasteiger partial charge in [-0.25, -0.2) is 26.1 Å². The third-order valence-electron chi connectivity index (χ3n) is 9.82. The summed E-state index contributed by atoms with van der Waals surface area (Å²) >= 11 is 0. The fourth-order valence-corrected chi connectivity index (χ4v) is 10.3. The number of aliphatic hydroxyl groups excluding tert-OH is 2. The van der Waals surface area contributed by atoms with Crippen molar-refractivity contribution in [2.45, 2.75) is 135 Å². The van der Waals surface area contributed by atoms with Crippen LogP contribution >= 0.6 is 0 Å². The van der Waals surface area contributed by atoms with Crippen molar-refractivity contribution >= 4 is 31.9 Å². The first-order chi connectivity index (χ1) is 22.9. The highest BCUT2D eigenvalue weighted by molar-refractivity contribution is 7.89. The number of amides is 2. The number of hydrogen-bond donors (Lipinski definition) is 4. The van der Waals surface area contributed by atoms with E-state index in [0.29, 0.717) is 45.3 Å². The molecule has 2 rings (SSSR count). The monoisotopic (exact) mass is 737 g/mol. The van der Waals surface area contributed by atoms with Crippen LogP contribution in [0.25, 0.3) is 0 Å². The molecule has 0 aliphatic heterocycles. The fourth-order valence-electron chi connectivity index (χ4n) is 7.26. The predicted molar refractivity (Wildman–Crippen MR) is 193 cm³/mol. The summed E-state index contributed by atoms with van der Waals surface area (Å²) in [6, 6.07) is -0.747. The molecule has 0 aromatic carbocycles. The molecule has 2 fully saturated rings. The number of aliphatic hydroxyl groups is 2. The van der Waals surface area contributed by atoms with Crippen LogP contribution in [-0.2, 0) is 29.6 Å². The van der Waals surface area contributed by atoms with Crippen LogP contribution < -0.4 is 10.1 Å². The Kier molecular flexibility index (Phi) is 18.4. The summed E-state index contributed by atoms with van der Waals surface area (Å²) in [6.07, 6.45) is 5.09. The lowest BCUT2D eigenvalue weighted by Gasteiger charge is -2.38. The van der Waals surface area contributed by atoms with E-state index in [0.717, 1.165) is 36.4 Å². The molecule has 0 spiro atoms. The zero-order valence-corrected chi connectivity index (χ0v) is 32.8. The van der Waals surface area contributed by atoms with Gasteiger partial charge in [-0.3, -0.25) is 9.59 Å². The molecule has 13 nitrogen and oxygen atoms in total. The van der Waals surface area contributed by atoms with Crippen LogP contribution in [0, 0.1) is 23.7 Å². The molecule has 2 aliphatic rings. The molecule has 0 radical (unpaired) electrons. The molecule has 0 heterocycles. The topological polar surface area (TPSA) is 177 Å². The molecule has 5 unspecified atom stereocenters. The molecule has 0 aromatic heterocycles. The van der Waals surface area contributed by atoms with Gasteiger partial charge >= 0.3 is 0 Å². The number of carbonyl (C=O) groups excluding carboxylic acids is 2. The minimum absolute atomic E-state index is 0.0516. The highest BCUT2D eigenvalue weighted by Crippen LogP contribution is 2.36. The van der Waals surface area contributed by atoms with Gasteiger partial charge in [-0.15, -0.1) is 4.83 Å². The predicted octanol–water partition coefficient (Wildman–Crippen LogP) is 2.69. The van der Waals surface area contributed by atoms with Crippen molar-refractivity contribution in [2.24, 2.45) is 23.7 Å². The van der Waals surface area contributed by atoms with Crippen LogP contribution in [0.15, 0.2) is 0 Å². The average Bonchev–Trinajstić information content (AvgIpc) is 3.02. The van der Waals surface area contributed by atoms with Crippen molar-refractivity contribution in [1.82, 2.24) is 24.4 Å².